The van der Waals surface area contributed by atoms with E-state index in [0.29, 0.717) is 12.3 Å². The van der Waals surface area contributed by atoms with Gasteiger partial charge in [-0.3, -0.25) is 4.79 Å². The van der Waals surface area contributed by atoms with Gasteiger partial charge in [0, 0.05) is 12.5 Å². The Morgan fingerprint density at radius 1 is 1.58 bits per heavy atom. The number of hydrogen-bond acceptors (Lipinski definition) is 2. The van der Waals surface area contributed by atoms with E-state index in [-0.39, 0.29) is 12.5 Å². The molecule has 0 saturated carbocycles. The minimum Gasteiger partial charge on any atom is -0.481 e. The summed E-state index contributed by atoms with van der Waals surface area (Å²) in [5, 5.41) is 8.40. The highest BCUT2D eigenvalue weighted by atomic mass is 16.4. The summed E-state index contributed by atoms with van der Waals surface area (Å²) in [4.78, 5) is 10.2. The molecule has 1 unspecified atom stereocenters. The molecule has 12 heavy (non-hydrogen) atoms. The van der Waals surface area contributed by atoms with Crippen molar-refractivity contribution in [3.63, 3.8) is 0 Å². The highest BCUT2D eigenvalue weighted by Crippen LogP contribution is 2.13. The first-order chi connectivity index (χ1) is 5.45. The second-order valence-corrected chi connectivity index (χ2v) is 3.27. The SMILES string of the molecule is C=C(C(C)C)C(N)CCC(=O)O. The third kappa shape index (κ3) is 4.13. The van der Waals surface area contributed by atoms with Gasteiger partial charge < -0.3 is 10.8 Å². The molecule has 0 rings (SSSR count). The second-order valence-electron chi connectivity index (χ2n) is 3.27. The fourth-order valence-corrected chi connectivity index (χ4v) is 0.893. The molecule has 0 amide bonds. The largest absolute Gasteiger partial charge is 0.481 e. The maximum absolute atomic E-state index is 10.2. The van der Waals surface area contributed by atoms with Gasteiger partial charge in [0.2, 0.25) is 0 Å². The van der Waals surface area contributed by atoms with Crippen molar-refractivity contribution in [2.75, 3.05) is 0 Å². The molecule has 0 heterocycles. The van der Waals surface area contributed by atoms with Gasteiger partial charge in [-0.1, -0.05) is 26.0 Å². The Kier molecular flexibility index (Phi) is 4.59. The second kappa shape index (κ2) is 4.93. The van der Waals surface area contributed by atoms with Crippen molar-refractivity contribution in [2.45, 2.75) is 32.7 Å². The molecule has 0 aromatic heterocycles. The lowest BCUT2D eigenvalue weighted by Crippen LogP contribution is -2.25. The van der Waals surface area contributed by atoms with Gasteiger partial charge in [0.05, 0.1) is 0 Å². The van der Waals surface area contributed by atoms with Gasteiger partial charge in [0.15, 0.2) is 0 Å². The molecule has 0 radical (unpaired) electrons. The molecule has 0 spiro atoms. The smallest absolute Gasteiger partial charge is 0.303 e. The zero-order valence-electron chi connectivity index (χ0n) is 7.71. The standard InChI is InChI=1S/C9H17NO2/c1-6(2)7(3)8(10)4-5-9(11)12/h6,8H,3-5,10H2,1-2H3,(H,11,12). The molecule has 0 fully saturated rings. The molecule has 0 aliphatic rings. The maximum atomic E-state index is 10.2. The summed E-state index contributed by atoms with van der Waals surface area (Å²) in [5.41, 5.74) is 6.63. The fourth-order valence-electron chi connectivity index (χ4n) is 0.893. The molecule has 3 nitrogen and oxygen atoms in total. The predicted molar refractivity (Wildman–Crippen MR) is 48.8 cm³/mol. The van der Waals surface area contributed by atoms with E-state index >= 15 is 0 Å². The monoisotopic (exact) mass is 171 g/mol. The zero-order valence-corrected chi connectivity index (χ0v) is 7.71. The Balaban J connectivity index is 3.79. The highest BCUT2D eigenvalue weighted by molar-refractivity contribution is 5.66. The lowest BCUT2D eigenvalue weighted by molar-refractivity contribution is -0.137. The minimum absolute atomic E-state index is 0.118. The number of rotatable bonds is 5. The molecule has 0 bridgehead atoms. The van der Waals surface area contributed by atoms with Gasteiger partial charge in [0.1, 0.15) is 0 Å². The van der Waals surface area contributed by atoms with E-state index < -0.39 is 5.97 Å². The third-order valence-electron chi connectivity index (χ3n) is 1.89. The fraction of sp³-hybridized carbons (Fsp3) is 0.667. The Morgan fingerprint density at radius 2 is 2.08 bits per heavy atom. The van der Waals surface area contributed by atoms with Crippen molar-refractivity contribution in [3.8, 4) is 0 Å². The molecule has 70 valence electrons. The summed E-state index contributed by atoms with van der Waals surface area (Å²) in [6, 6.07) is -0.180. The number of carboxylic acids is 1. The number of carboxylic acid groups (broad SMARTS) is 1. The van der Waals surface area contributed by atoms with Gasteiger partial charge in [0.25, 0.3) is 0 Å². The number of carbonyl (C=O) groups is 1. The maximum Gasteiger partial charge on any atom is 0.303 e. The Labute approximate surface area is 73.3 Å². The van der Waals surface area contributed by atoms with Crippen molar-refractivity contribution in [1.29, 1.82) is 0 Å². The van der Waals surface area contributed by atoms with Crippen LogP contribution in [0.4, 0.5) is 0 Å². The van der Waals surface area contributed by atoms with Gasteiger partial charge in [-0.05, 0) is 12.3 Å². The van der Waals surface area contributed by atoms with Crippen LogP contribution in [-0.2, 0) is 4.79 Å². The molecule has 0 saturated heterocycles. The summed E-state index contributed by atoms with van der Waals surface area (Å²) in [5.74, 6) is -0.476. The van der Waals surface area contributed by atoms with E-state index in [9.17, 15) is 4.79 Å². The van der Waals surface area contributed by atoms with Crippen molar-refractivity contribution in [3.05, 3.63) is 12.2 Å². The summed E-state index contributed by atoms with van der Waals surface area (Å²) >= 11 is 0. The number of aliphatic carboxylic acids is 1. The van der Waals surface area contributed by atoms with Gasteiger partial charge in [-0.25, -0.2) is 0 Å². The molecule has 3 heteroatoms. The Morgan fingerprint density at radius 3 is 2.42 bits per heavy atom. The minimum atomic E-state index is -0.804. The van der Waals surface area contributed by atoms with Crippen molar-refractivity contribution < 1.29 is 9.90 Å². The van der Waals surface area contributed by atoms with Crippen LogP contribution >= 0.6 is 0 Å². The van der Waals surface area contributed by atoms with E-state index in [4.69, 9.17) is 10.8 Å². The van der Waals surface area contributed by atoms with Gasteiger partial charge in [-0.2, -0.15) is 0 Å². The summed E-state index contributed by atoms with van der Waals surface area (Å²) < 4.78 is 0. The summed E-state index contributed by atoms with van der Waals surface area (Å²) in [7, 11) is 0. The van der Waals surface area contributed by atoms with Gasteiger partial charge in [-0.15, -0.1) is 0 Å². The van der Waals surface area contributed by atoms with Crippen LogP contribution in [0.15, 0.2) is 12.2 Å². The van der Waals surface area contributed by atoms with E-state index in [2.05, 4.69) is 6.58 Å². The first kappa shape index (κ1) is 11.2. The third-order valence-corrected chi connectivity index (χ3v) is 1.89. The molecule has 0 aliphatic heterocycles. The van der Waals surface area contributed by atoms with Crippen molar-refractivity contribution >= 4 is 5.97 Å². The van der Waals surface area contributed by atoms with Crippen LogP contribution in [0.5, 0.6) is 0 Å². The van der Waals surface area contributed by atoms with Crippen LogP contribution in [0.2, 0.25) is 0 Å². The molecule has 0 aromatic rings. The Bertz CT molecular complexity index is 175. The van der Waals surface area contributed by atoms with Crippen LogP contribution in [0, 0.1) is 5.92 Å². The quantitative estimate of drug-likeness (QED) is 0.614. The van der Waals surface area contributed by atoms with Crippen LogP contribution in [-0.4, -0.2) is 17.1 Å². The summed E-state index contributed by atoms with van der Waals surface area (Å²) in [6.45, 7) is 7.82. The lowest BCUT2D eigenvalue weighted by Gasteiger charge is -2.16. The topological polar surface area (TPSA) is 63.3 Å². The average molecular weight is 171 g/mol. The lowest BCUT2D eigenvalue weighted by atomic mass is 9.95. The van der Waals surface area contributed by atoms with Crippen LogP contribution in [0.1, 0.15) is 26.7 Å². The predicted octanol–water partition coefficient (Wildman–Crippen LogP) is 1.39. The number of nitrogens with two attached hydrogens (primary N) is 1. The van der Waals surface area contributed by atoms with E-state index in [1.54, 1.807) is 0 Å². The van der Waals surface area contributed by atoms with E-state index in [1.165, 1.54) is 0 Å². The van der Waals surface area contributed by atoms with Gasteiger partial charge >= 0.3 is 5.97 Å². The van der Waals surface area contributed by atoms with E-state index in [0.717, 1.165) is 5.57 Å². The first-order valence-corrected chi connectivity index (χ1v) is 4.11. The van der Waals surface area contributed by atoms with Crippen LogP contribution in [0.3, 0.4) is 0 Å². The zero-order chi connectivity index (χ0) is 9.72. The summed E-state index contributed by atoms with van der Waals surface area (Å²) in [6.07, 6.45) is 0.596. The molecule has 0 aliphatic carbocycles. The average Bonchev–Trinajstić information content (AvgIpc) is 1.98. The van der Waals surface area contributed by atoms with Crippen LogP contribution < -0.4 is 5.73 Å². The molecule has 3 N–H and O–H groups in total. The highest BCUT2D eigenvalue weighted by Gasteiger charge is 2.11. The Hall–Kier alpha value is -0.830. The van der Waals surface area contributed by atoms with Crippen molar-refractivity contribution in [2.24, 2.45) is 11.7 Å². The first-order valence-electron chi connectivity index (χ1n) is 4.11. The van der Waals surface area contributed by atoms with Crippen molar-refractivity contribution in [1.82, 2.24) is 0 Å². The molecular formula is C9H17NO2. The normalized spacial score (nSPS) is 13.0. The van der Waals surface area contributed by atoms with E-state index in [1.807, 2.05) is 13.8 Å². The molecule has 0 aromatic carbocycles. The van der Waals surface area contributed by atoms with Crippen LogP contribution in [0.25, 0.3) is 0 Å². The molecule has 1 atom stereocenters. The molecular weight excluding hydrogens is 154 g/mol. The number of hydrogen-bond donors (Lipinski definition) is 2.